The van der Waals surface area contributed by atoms with Crippen molar-refractivity contribution in [2.45, 2.75) is 44.8 Å². The van der Waals surface area contributed by atoms with Gasteiger partial charge in [-0.25, -0.2) is 0 Å². The van der Waals surface area contributed by atoms with Crippen LogP contribution >= 0.6 is 0 Å². The van der Waals surface area contributed by atoms with Gasteiger partial charge in [-0.05, 0) is 37.1 Å². The number of rotatable bonds is 10. The molecule has 1 atom stereocenters. The number of carbonyl (C=O) groups excluding carboxylic acids is 1. The van der Waals surface area contributed by atoms with Gasteiger partial charge in [0.05, 0.1) is 25.2 Å². The van der Waals surface area contributed by atoms with Crippen molar-refractivity contribution in [3.8, 4) is 5.75 Å². The molecule has 0 unspecified atom stereocenters. The summed E-state index contributed by atoms with van der Waals surface area (Å²) in [5.41, 5.74) is 9.37. The fraction of sp³-hybridized carbons (Fsp3) is 0.258. The molecule has 0 radical (unpaired) electrons. The first kappa shape index (κ1) is 26.2. The summed E-state index contributed by atoms with van der Waals surface area (Å²) in [6.07, 6.45) is 3.10. The fourth-order valence-corrected chi connectivity index (χ4v) is 4.76. The average Bonchev–Trinajstić information content (AvgIpc) is 3.52. The highest BCUT2D eigenvalue weighted by Crippen LogP contribution is 2.27. The van der Waals surface area contributed by atoms with Crippen LogP contribution in [-0.4, -0.2) is 38.3 Å². The van der Waals surface area contributed by atoms with E-state index in [4.69, 9.17) is 10.5 Å². The van der Waals surface area contributed by atoms with Crippen molar-refractivity contribution in [2.75, 3.05) is 7.11 Å². The second kappa shape index (κ2) is 11.1. The van der Waals surface area contributed by atoms with Crippen LogP contribution in [0.25, 0.3) is 10.9 Å². The molecule has 5 rings (SSSR count). The zero-order valence-electron chi connectivity index (χ0n) is 22.5. The molecule has 0 saturated heterocycles. The predicted molar refractivity (Wildman–Crippen MR) is 153 cm³/mol. The van der Waals surface area contributed by atoms with Gasteiger partial charge in [0.1, 0.15) is 11.6 Å². The Kier molecular flexibility index (Phi) is 7.47. The van der Waals surface area contributed by atoms with E-state index in [0.29, 0.717) is 25.2 Å². The van der Waals surface area contributed by atoms with Crippen LogP contribution in [0.1, 0.15) is 48.2 Å². The monoisotopic (exact) mass is 522 g/mol. The van der Waals surface area contributed by atoms with Crippen LogP contribution in [-0.2, 0) is 24.2 Å². The van der Waals surface area contributed by atoms with E-state index in [1.165, 1.54) is 0 Å². The molecule has 5 aromatic rings. The van der Waals surface area contributed by atoms with E-state index in [1.807, 2.05) is 66.9 Å². The van der Waals surface area contributed by atoms with Crippen molar-refractivity contribution < 1.29 is 9.53 Å². The summed E-state index contributed by atoms with van der Waals surface area (Å²) >= 11 is 0. The maximum Gasteiger partial charge on any atom is 0.240 e. The molecule has 2 heterocycles. The van der Waals surface area contributed by atoms with Crippen LogP contribution in [0.3, 0.4) is 0 Å². The number of carbonyl (C=O) groups is 1. The Morgan fingerprint density at radius 2 is 1.72 bits per heavy atom. The number of hydrogen-bond donors (Lipinski definition) is 3. The van der Waals surface area contributed by atoms with Gasteiger partial charge in [-0.3, -0.25) is 4.79 Å². The summed E-state index contributed by atoms with van der Waals surface area (Å²) < 4.78 is 7.74. The zero-order chi connectivity index (χ0) is 27.4. The molecule has 8 nitrogen and oxygen atoms in total. The lowest BCUT2D eigenvalue weighted by atomic mass is 10.0. The van der Waals surface area contributed by atoms with Crippen LogP contribution in [0.2, 0.25) is 0 Å². The average molecular weight is 523 g/mol. The second-order valence-electron chi connectivity index (χ2n) is 10.3. The molecule has 3 aromatic carbocycles. The molecular weight excluding hydrogens is 488 g/mol. The van der Waals surface area contributed by atoms with Crippen LogP contribution in [0.4, 0.5) is 0 Å². The van der Waals surface area contributed by atoms with Gasteiger partial charge in [0, 0.05) is 35.5 Å². The lowest BCUT2D eigenvalue weighted by molar-refractivity contribution is -0.126. The van der Waals surface area contributed by atoms with Crippen LogP contribution in [0.5, 0.6) is 5.75 Å². The number of hydrogen-bond acceptors (Lipinski definition) is 5. The van der Waals surface area contributed by atoms with E-state index in [0.717, 1.165) is 39.2 Å². The minimum atomic E-state index is -1.06. The molecule has 8 heteroatoms. The van der Waals surface area contributed by atoms with E-state index in [2.05, 4.69) is 43.3 Å². The number of nitrogens with one attached hydrogen (secondary N) is 2. The number of para-hydroxylation sites is 2. The Morgan fingerprint density at radius 1 is 1.00 bits per heavy atom. The Bertz CT molecular complexity index is 1570. The molecule has 2 aromatic heterocycles. The number of amides is 1. The number of benzene rings is 3. The topological polar surface area (TPSA) is 111 Å². The standard InChI is InChI=1S/C31H34N6O2/c1-31(2,32)30(38)34-26(18-23-19-33-25-15-9-8-14-24(23)25)29-36-35-28(17-21-11-5-4-6-12-21)37(29)20-22-13-7-10-16-27(22)39-3/h4-16,19,26,33H,17-18,20,32H2,1-3H3,(H,34,38)/t26-/m1/s1. The third-order valence-electron chi connectivity index (χ3n) is 6.88. The Labute approximate surface area is 228 Å². The van der Waals surface area contributed by atoms with Crippen molar-refractivity contribution in [3.05, 3.63) is 113 Å². The molecule has 1 amide bonds. The summed E-state index contributed by atoms with van der Waals surface area (Å²) in [5.74, 6) is 1.98. The summed E-state index contributed by atoms with van der Waals surface area (Å²) in [6.45, 7) is 3.89. The fourth-order valence-electron chi connectivity index (χ4n) is 4.76. The van der Waals surface area contributed by atoms with Gasteiger partial charge >= 0.3 is 0 Å². The predicted octanol–water partition coefficient (Wildman–Crippen LogP) is 4.54. The van der Waals surface area contributed by atoms with E-state index >= 15 is 0 Å². The molecule has 0 aliphatic carbocycles. The van der Waals surface area contributed by atoms with E-state index in [9.17, 15) is 4.79 Å². The molecule has 0 aliphatic rings. The molecule has 0 spiro atoms. The van der Waals surface area contributed by atoms with Crippen LogP contribution in [0, 0.1) is 0 Å². The normalized spacial score (nSPS) is 12.4. The van der Waals surface area contributed by atoms with Gasteiger partial charge < -0.3 is 25.3 Å². The Balaban J connectivity index is 1.60. The number of fused-ring (bicyclic) bond motifs is 1. The number of nitrogens with two attached hydrogens (primary N) is 1. The smallest absolute Gasteiger partial charge is 0.240 e. The van der Waals surface area contributed by atoms with Gasteiger partial charge in [-0.2, -0.15) is 0 Å². The molecule has 0 fully saturated rings. The number of ether oxygens (including phenoxy) is 1. The van der Waals surface area contributed by atoms with Crippen molar-refractivity contribution in [2.24, 2.45) is 5.73 Å². The highest BCUT2D eigenvalue weighted by atomic mass is 16.5. The molecule has 0 aliphatic heterocycles. The van der Waals surface area contributed by atoms with Crippen LogP contribution in [0.15, 0.2) is 85.1 Å². The largest absolute Gasteiger partial charge is 0.496 e. The van der Waals surface area contributed by atoms with Gasteiger partial charge in [-0.1, -0.05) is 66.7 Å². The molecule has 39 heavy (non-hydrogen) atoms. The van der Waals surface area contributed by atoms with Gasteiger partial charge in [0.15, 0.2) is 5.82 Å². The Morgan fingerprint density at radius 3 is 2.49 bits per heavy atom. The van der Waals surface area contributed by atoms with Crippen molar-refractivity contribution in [1.82, 2.24) is 25.1 Å². The lowest BCUT2D eigenvalue weighted by Gasteiger charge is -2.25. The minimum absolute atomic E-state index is 0.260. The van der Waals surface area contributed by atoms with Crippen LogP contribution < -0.4 is 15.8 Å². The highest BCUT2D eigenvalue weighted by Gasteiger charge is 2.30. The number of H-pyrrole nitrogens is 1. The molecule has 0 bridgehead atoms. The van der Waals surface area contributed by atoms with Gasteiger partial charge in [0.25, 0.3) is 0 Å². The van der Waals surface area contributed by atoms with E-state index in [-0.39, 0.29) is 5.91 Å². The van der Waals surface area contributed by atoms with Crippen molar-refractivity contribution in [1.29, 1.82) is 0 Å². The number of methoxy groups -OCH3 is 1. The summed E-state index contributed by atoms with van der Waals surface area (Å²) in [4.78, 5) is 16.5. The molecule has 4 N–H and O–H groups in total. The number of nitrogens with zero attached hydrogens (tertiary/aromatic N) is 3. The minimum Gasteiger partial charge on any atom is -0.496 e. The van der Waals surface area contributed by atoms with E-state index in [1.54, 1.807) is 21.0 Å². The Hall–Kier alpha value is -4.43. The van der Waals surface area contributed by atoms with Gasteiger partial charge in [0.2, 0.25) is 5.91 Å². The highest BCUT2D eigenvalue weighted by molar-refractivity contribution is 5.86. The quantitative estimate of drug-likeness (QED) is 0.249. The number of aromatic nitrogens is 4. The number of aromatic amines is 1. The van der Waals surface area contributed by atoms with Crippen molar-refractivity contribution >= 4 is 16.8 Å². The first-order chi connectivity index (χ1) is 18.8. The third kappa shape index (κ3) is 5.86. The summed E-state index contributed by atoms with van der Waals surface area (Å²) in [7, 11) is 1.67. The molecular formula is C31H34N6O2. The summed E-state index contributed by atoms with van der Waals surface area (Å²) in [5, 5.41) is 13.6. The van der Waals surface area contributed by atoms with Gasteiger partial charge in [-0.15, -0.1) is 10.2 Å². The first-order valence-electron chi connectivity index (χ1n) is 13.1. The third-order valence-corrected chi connectivity index (χ3v) is 6.88. The maximum absolute atomic E-state index is 13.2. The van der Waals surface area contributed by atoms with Crippen molar-refractivity contribution in [3.63, 3.8) is 0 Å². The SMILES string of the molecule is COc1ccccc1Cn1c(Cc2ccccc2)nnc1[C@@H](Cc1c[nH]c2ccccc12)NC(=O)C(C)(C)N. The lowest BCUT2D eigenvalue weighted by Crippen LogP contribution is -2.50. The molecule has 0 saturated carbocycles. The molecule has 200 valence electrons. The maximum atomic E-state index is 13.2. The zero-order valence-corrected chi connectivity index (χ0v) is 22.5. The van der Waals surface area contributed by atoms with E-state index < -0.39 is 11.6 Å². The second-order valence-corrected chi connectivity index (χ2v) is 10.3. The summed E-state index contributed by atoms with van der Waals surface area (Å²) in [6, 6.07) is 25.7. The first-order valence-corrected chi connectivity index (χ1v) is 13.1.